The number of likely N-dealkylation sites (tertiary alicyclic amines) is 1. The molecule has 0 spiro atoms. The van der Waals surface area contributed by atoms with Crippen molar-refractivity contribution in [1.82, 2.24) is 10.2 Å². The zero-order valence-electron chi connectivity index (χ0n) is 16.2. The van der Waals surface area contributed by atoms with Crippen molar-refractivity contribution in [2.45, 2.75) is 51.7 Å². The lowest BCUT2D eigenvalue weighted by atomic mass is 9.99. The molecule has 0 radical (unpaired) electrons. The maximum atomic E-state index is 12.6. The predicted octanol–water partition coefficient (Wildman–Crippen LogP) is 2.15. The van der Waals surface area contributed by atoms with Gasteiger partial charge in [0.25, 0.3) is 11.8 Å². The summed E-state index contributed by atoms with van der Waals surface area (Å²) in [7, 11) is 1.51. The lowest BCUT2D eigenvalue weighted by Crippen LogP contribution is -2.48. The summed E-state index contributed by atoms with van der Waals surface area (Å²) in [6, 6.07) is 6.82. The van der Waals surface area contributed by atoms with Crippen molar-refractivity contribution in [3.63, 3.8) is 0 Å². The van der Waals surface area contributed by atoms with Crippen molar-refractivity contribution in [2.75, 3.05) is 20.2 Å². The largest absolute Gasteiger partial charge is 0.497 e. The molecule has 1 N–H and O–H groups in total. The van der Waals surface area contributed by atoms with E-state index in [1.165, 1.54) is 7.11 Å². The Balaban J connectivity index is 1.83. The maximum absolute atomic E-state index is 12.6. The van der Waals surface area contributed by atoms with E-state index in [0.717, 1.165) is 25.7 Å². The number of hydrogen-bond acceptors (Lipinski definition) is 5. The number of nitrogens with zero attached hydrogens (tertiary/aromatic N) is 1. The molecule has 2 atom stereocenters. The van der Waals surface area contributed by atoms with Crippen LogP contribution >= 0.6 is 0 Å². The molecule has 1 aromatic carbocycles. The smallest absolute Gasteiger partial charge is 0.326 e. The molecule has 7 nitrogen and oxygen atoms in total. The Kier molecular flexibility index (Phi) is 7.64. The molecular formula is C20H28N2O5. The van der Waals surface area contributed by atoms with E-state index in [0.29, 0.717) is 17.9 Å². The molecule has 0 aromatic heterocycles. The number of amides is 2. The number of hydrogen-bond donors (Lipinski definition) is 1. The first kappa shape index (κ1) is 20.7. The van der Waals surface area contributed by atoms with Gasteiger partial charge in [-0.3, -0.25) is 14.4 Å². The van der Waals surface area contributed by atoms with Gasteiger partial charge in [-0.15, -0.1) is 0 Å². The number of carbonyl (C=O) groups is 3. The average molecular weight is 376 g/mol. The fourth-order valence-electron chi connectivity index (χ4n) is 3.26. The molecule has 1 aromatic rings. The van der Waals surface area contributed by atoms with Crippen LogP contribution in [0.15, 0.2) is 24.3 Å². The number of benzene rings is 1. The minimum Gasteiger partial charge on any atom is -0.497 e. The molecule has 1 heterocycles. The molecular weight excluding hydrogens is 348 g/mol. The maximum Gasteiger partial charge on any atom is 0.326 e. The molecule has 7 heteroatoms. The minimum absolute atomic E-state index is 0.172. The summed E-state index contributed by atoms with van der Waals surface area (Å²) in [5.41, 5.74) is 0.380. The van der Waals surface area contributed by atoms with Gasteiger partial charge in [0.05, 0.1) is 7.11 Å². The van der Waals surface area contributed by atoms with Crippen molar-refractivity contribution < 1.29 is 23.9 Å². The highest BCUT2D eigenvalue weighted by atomic mass is 16.5. The summed E-state index contributed by atoms with van der Waals surface area (Å²) in [5, 5.41) is 2.50. The van der Waals surface area contributed by atoms with Crippen molar-refractivity contribution in [1.29, 1.82) is 0 Å². The number of esters is 1. The van der Waals surface area contributed by atoms with Crippen molar-refractivity contribution in [2.24, 2.45) is 0 Å². The summed E-state index contributed by atoms with van der Waals surface area (Å²) < 4.78 is 10.3. The third kappa shape index (κ3) is 5.70. The zero-order valence-corrected chi connectivity index (χ0v) is 16.2. The lowest BCUT2D eigenvalue weighted by molar-refractivity contribution is -0.160. The summed E-state index contributed by atoms with van der Waals surface area (Å²) >= 11 is 0. The van der Waals surface area contributed by atoms with Crippen LogP contribution in [0.4, 0.5) is 0 Å². The Labute approximate surface area is 160 Å². The predicted molar refractivity (Wildman–Crippen MR) is 101 cm³/mol. The van der Waals surface area contributed by atoms with Crippen LogP contribution in [-0.2, 0) is 14.3 Å². The summed E-state index contributed by atoms with van der Waals surface area (Å²) in [4.78, 5) is 38.5. The van der Waals surface area contributed by atoms with Gasteiger partial charge in [0.1, 0.15) is 12.3 Å². The van der Waals surface area contributed by atoms with Gasteiger partial charge < -0.3 is 19.7 Å². The highest BCUT2D eigenvalue weighted by Gasteiger charge is 2.30. The highest BCUT2D eigenvalue weighted by molar-refractivity contribution is 5.96. The molecule has 1 aliphatic heterocycles. The molecule has 2 unspecified atom stereocenters. The van der Waals surface area contributed by atoms with Crippen molar-refractivity contribution in [3.05, 3.63) is 29.8 Å². The number of ether oxygens (including phenoxy) is 2. The van der Waals surface area contributed by atoms with Crippen LogP contribution in [0.25, 0.3) is 0 Å². The quantitative estimate of drug-likeness (QED) is 0.737. The molecule has 1 saturated heterocycles. The van der Waals surface area contributed by atoms with E-state index < -0.39 is 18.0 Å². The van der Waals surface area contributed by atoms with Gasteiger partial charge in [0, 0.05) is 18.2 Å². The molecule has 2 rings (SSSR count). The van der Waals surface area contributed by atoms with Crippen LogP contribution in [0.5, 0.6) is 5.75 Å². The Morgan fingerprint density at radius 3 is 2.78 bits per heavy atom. The summed E-state index contributed by atoms with van der Waals surface area (Å²) in [5.74, 6) is -0.672. The molecule has 148 valence electrons. The summed E-state index contributed by atoms with van der Waals surface area (Å²) in [6.45, 7) is 4.03. The van der Waals surface area contributed by atoms with E-state index in [1.807, 2.05) is 4.90 Å². The van der Waals surface area contributed by atoms with Crippen LogP contribution in [0, 0.1) is 0 Å². The Morgan fingerprint density at radius 2 is 2.07 bits per heavy atom. The standard InChI is InChI=1S/C20H28N2O5/c1-4-16-9-5-6-11-22(16)20(25)14(2)27-18(23)13-21-19(24)15-8-7-10-17(12-15)26-3/h7-8,10,12,14,16H,4-6,9,11,13H2,1-3H3,(H,21,24). The molecule has 2 amide bonds. The second-order valence-corrected chi connectivity index (χ2v) is 6.64. The third-order valence-corrected chi connectivity index (χ3v) is 4.76. The first-order valence-electron chi connectivity index (χ1n) is 9.38. The number of carbonyl (C=O) groups excluding carboxylic acids is 3. The van der Waals surface area contributed by atoms with Gasteiger partial charge in [-0.2, -0.15) is 0 Å². The number of methoxy groups -OCH3 is 1. The van der Waals surface area contributed by atoms with Crippen molar-refractivity contribution in [3.8, 4) is 5.75 Å². The Bertz CT molecular complexity index is 676. The molecule has 0 bridgehead atoms. The van der Waals surface area contributed by atoms with E-state index in [9.17, 15) is 14.4 Å². The normalized spacial score (nSPS) is 17.7. The topological polar surface area (TPSA) is 84.9 Å². The number of rotatable bonds is 7. The van der Waals surface area contributed by atoms with E-state index in [-0.39, 0.29) is 18.5 Å². The lowest BCUT2D eigenvalue weighted by Gasteiger charge is -2.36. The second kappa shape index (κ2) is 9.94. The van der Waals surface area contributed by atoms with Crippen molar-refractivity contribution >= 4 is 17.8 Å². The van der Waals surface area contributed by atoms with Gasteiger partial charge in [-0.1, -0.05) is 13.0 Å². The third-order valence-electron chi connectivity index (χ3n) is 4.76. The fraction of sp³-hybridized carbons (Fsp3) is 0.550. The van der Waals surface area contributed by atoms with E-state index in [4.69, 9.17) is 9.47 Å². The molecule has 1 aliphatic rings. The Morgan fingerprint density at radius 1 is 1.30 bits per heavy atom. The van der Waals surface area contributed by atoms with Gasteiger partial charge in [-0.25, -0.2) is 0 Å². The van der Waals surface area contributed by atoms with Gasteiger partial charge in [0.2, 0.25) is 0 Å². The number of nitrogens with one attached hydrogen (secondary N) is 1. The molecule has 0 saturated carbocycles. The van der Waals surface area contributed by atoms with Gasteiger partial charge >= 0.3 is 5.97 Å². The van der Waals surface area contributed by atoms with Gasteiger partial charge in [-0.05, 0) is 50.8 Å². The van der Waals surface area contributed by atoms with Crippen LogP contribution in [0.2, 0.25) is 0 Å². The number of piperidine rings is 1. The molecule has 0 aliphatic carbocycles. The first-order valence-corrected chi connectivity index (χ1v) is 9.38. The zero-order chi connectivity index (χ0) is 19.8. The van der Waals surface area contributed by atoms with E-state index in [2.05, 4.69) is 12.2 Å². The van der Waals surface area contributed by atoms with E-state index in [1.54, 1.807) is 31.2 Å². The van der Waals surface area contributed by atoms with Gasteiger partial charge in [0.15, 0.2) is 6.10 Å². The van der Waals surface area contributed by atoms with Crippen LogP contribution in [-0.4, -0.2) is 55.0 Å². The fourth-order valence-corrected chi connectivity index (χ4v) is 3.26. The van der Waals surface area contributed by atoms with E-state index >= 15 is 0 Å². The first-order chi connectivity index (χ1) is 13.0. The minimum atomic E-state index is -0.863. The Hall–Kier alpha value is -2.57. The molecule has 27 heavy (non-hydrogen) atoms. The SMILES string of the molecule is CCC1CCCCN1C(=O)C(C)OC(=O)CNC(=O)c1cccc(OC)c1. The molecule has 1 fully saturated rings. The van der Waals surface area contributed by atoms with Crippen LogP contribution in [0.1, 0.15) is 49.9 Å². The average Bonchev–Trinajstić information content (AvgIpc) is 2.71. The van der Waals surface area contributed by atoms with Crippen LogP contribution in [0.3, 0.4) is 0 Å². The van der Waals surface area contributed by atoms with Crippen LogP contribution < -0.4 is 10.1 Å². The highest BCUT2D eigenvalue weighted by Crippen LogP contribution is 2.20. The second-order valence-electron chi connectivity index (χ2n) is 6.64. The monoisotopic (exact) mass is 376 g/mol. The summed E-state index contributed by atoms with van der Waals surface area (Å²) in [6.07, 6.45) is 3.10.